The van der Waals surface area contributed by atoms with Crippen LogP contribution in [0.2, 0.25) is 0 Å². The highest BCUT2D eigenvalue weighted by molar-refractivity contribution is 5.96. The first-order valence-electron chi connectivity index (χ1n) is 10.5. The maximum Gasteiger partial charge on any atom is 0.251 e. The Bertz CT molecular complexity index is 843. The minimum absolute atomic E-state index is 0.0232. The van der Waals surface area contributed by atoms with Gasteiger partial charge in [0.05, 0.1) is 19.8 Å². The normalized spacial score (nSPS) is 17.0. The quantitative estimate of drug-likeness (QED) is 0.814. The minimum Gasteiger partial charge on any atom is -0.378 e. The van der Waals surface area contributed by atoms with E-state index >= 15 is 0 Å². The molecular weight excluding hydrogens is 380 g/mol. The Balaban J connectivity index is 1.23. The van der Waals surface area contributed by atoms with Crippen LogP contribution in [-0.2, 0) is 9.53 Å². The molecule has 4 rings (SSSR count). The molecular formula is C23H28N4O3. The van der Waals surface area contributed by atoms with Gasteiger partial charge in [0.15, 0.2) is 0 Å². The van der Waals surface area contributed by atoms with E-state index in [1.807, 2.05) is 47.4 Å². The van der Waals surface area contributed by atoms with Crippen molar-refractivity contribution in [3.63, 3.8) is 0 Å². The van der Waals surface area contributed by atoms with Crippen LogP contribution < -0.4 is 15.1 Å². The summed E-state index contributed by atoms with van der Waals surface area (Å²) in [6.45, 7) is 6.12. The van der Waals surface area contributed by atoms with Crippen LogP contribution in [0.5, 0.6) is 0 Å². The molecule has 2 fully saturated rings. The van der Waals surface area contributed by atoms with Crippen LogP contribution in [0, 0.1) is 0 Å². The first-order valence-corrected chi connectivity index (χ1v) is 10.5. The first kappa shape index (κ1) is 20.2. The number of carbonyl (C=O) groups is 2. The van der Waals surface area contributed by atoms with Crippen molar-refractivity contribution >= 4 is 23.2 Å². The SMILES string of the molecule is O=C(NCC(=O)N1CCN(c2ccccc2)CC1)c1ccc(N2CCOCC2)cc1. The maximum absolute atomic E-state index is 12.5. The lowest BCUT2D eigenvalue weighted by molar-refractivity contribution is -0.130. The molecule has 2 aliphatic heterocycles. The van der Waals surface area contributed by atoms with Gasteiger partial charge < -0.3 is 24.8 Å². The number of morpholine rings is 1. The van der Waals surface area contributed by atoms with E-state index in [1.54, 1.807) is 0 Å². The van der Waals surface area contributed by atoms with Crippen molar-refractivity contribution in [2.24, 2.45) is 0 Å². The number of piperazine rings is 1. The third-order valence-electron chi connectivity index (χ3n) is 5.66. The lowest BCUT2D eigenvalue weighted by Crippen LogP contribution is -2.51. The minimum atomic E-state index is -0.222. The zero-order chi connectivity index (χ0) is 20.8. The molecule has 0 saturated carbocycles. The van der Waals surface area contributed by atoms with Gasteiger partial charge in [-0.3, -0.25) is 9.59 Å². The van der Waals surface area contributed by atoms with E-state index in [9.17, 15) is 9.59 Å². The fourth-order valence-corrected chi connectivity index (χ4v) is 3.87. The maximum atomic E-state index is 12.5. The van der Waals surface area contributed by atoms with Crippen molar-refractivity contribution < 1.29 is 14.3 Å². The third kappa shape index (κ3) is 4.91. The Kier molecular flexibility index (Phi) is 6.49. The summed E-state index contributed by atoms with van der Waals surface area (Å²) in [7, 11) is 0. The Hall–Kier alpha value is -3.06. The highest BCUT2D eigenvalue weighted by Crippen LogP contribution is 2.17. The first-order chi connectivity index (χ1) is 14.7. The number of carbonyl (C=O) groups excluding carboxylic acids is 2. The van der Waals surface area contributed by atoms with Gasteiger partial charge in [-0.2, -0.15) is 0 Å². The Morgan fingerprint density at radius 2 is 1.37 bits per heavy atom. The zero-order valence-electron chi connectivity index (χ0n) is 17.1. The number of amides is 2. The van der Waals surface area contributed by atoms with E-state index in [2.05, 4.69) is 27.2 Å². The highest BCUT2D eigenvalue weighted by atomic mass is 16.5. The van der Waals surface area contributed by atoms with Crippen molar-refractivity contribution in [3.8, 4) is 0 Å². The van der Waals surface area contributed by atoms with Crippen LogP contribution in [0.25, 0.3) is 0 Å². The van der Waals surface area contributed by atoms with Crippen molar-refractivity contribution in [2.45, 2.75) is 0 Å². The van der Waals surface area contributed by atoms with Gasteiger partial charge in [0.1, 0.15) is 0 Å². The molecule has 7 nitrogen and oxygen atoms in total. The molecule has 2 heterocycles. The fraction of sp³-hybridized carbons (Fsp3) is 0.391. The van der Waals surface area contributed by atoms with Gasteiger partial charge in [0.2, 0.25) is 5.91 Å². The summed E-state index contributed by atoms with van der Waals surface area (Å²) < 4.78 is 5.37. The molecule has 2 saturated heterocycles. The van der Waals surface area contributed by atoms with Gasteiger partial charge in [-0.05, 0) is 36.4 Å². The number of hydrogen-bond donors (Lipinski definition) is 1. The summed E-state index contributed by atoms with van der Waals surface area (Å²) in [5, 5.41) is 2.76. The highest BCUT2D eigenvalue weighted by Gasteiger charge is 2.21. The van der Waals surface area contributed by atoms with E-state index in [0.29, 0.717) is 18.7 Å². The van der Waals surface area contributed by atoms with Gasteiger partial charge in [-0.1, -0.05) is 18.2 Å². The van der Waals surface area contributed by atoms with Crippen molar-refractivity contribution in [3.05, 3.63) is 60.2 Å². The van der Waals surface area contributed by atoms with Crippen LogP contribution in [0.3, 0.4) is 0 Å². The van der Waals surface area contributed by atoms with Crippen LogP contribution in [0.15, 0.2) is 54.6 Å². The zero-order valence-corrected chi connectivity index (χ0v) is 17.1. The summed E-state index contributed by atoms with van der Waals surface area (Å²) in [6.07, 6.45) is 0. The Labute approximate surface area is 177 Å². The van der Waals surface area contributed by atoms with E-state index in [0.717, 1.165) is 45.1 Å². The number of anilines is 2. The van der Waals surface area contributed by atoms with Crippen LogP contribution >= 0.6 is 0 Å². The van der Waals surface area contributed by atoms with Gasteiger partial charge in [-0.25, -0.2) is 0 Å². The average Bonchev–Trinajstić information content (AvgIpc) is 2.83. The standard InChI is InChI=1S/C23H28N4O3/c28-22(27-12-10-25(11-13-27)20-4-2-1-3-5-20)18-24-23(29)19-6-8-21(9-7-19)26-14-16-30-17-15-26/h1-9H,10-18H2,(H,24,29). The molecule has 0 radical (unpaired) electrons. The monoisotopic (exact) mass is 408 g/mol. The number of para-hydroxylation sites is 1. The summed E-state index contributed by atoms with van der Waals surface area (Å²) >= 11 is 0. The molecule has 1 N–H and O–H groups in total. The number of nitrogens with one attached hydrogen (secondary N) is 1. The number of ether oxygens (including phenoxy) is 1. The molecule has 30 heavy (non-hydrogen) atoms. The van der Waals surface area contributed by atoms with Crippen molar-refractivity contribution in [2.75, 3.05) is 68.8 Å². The van der Waals surface area contributed by atoms with Gasteiger partial charge in [0.25, 0.3) is 5.91 Å². The number of rotatable bonds is 5. The van der Waals surface area contributed by atoms with Crippen LogP contribution in [-0.4, -0.2) is 75.7 Å². The largest absolute Gasteiger partial charge is 0.378 e. The van der Waals surface area contributed by atoms with Crippen LogP contribution in [0.4, 0.5) is 11.4 Å². The second-order valence-corrected chi connectivity index (χ2v) is 7.53. The molecule has 2 amide bonds. The van der Waals surface area contributed by atoms with Crippen molar-refractivity contribution in [1.29, 1.82) is 0 Å². The second-order valence-electron chi connectivity index (χ2n) is 7.53. The lowest BCUT2D eigenvalue weighted by Gasteiger charge is -2.36. The molecule has 0 bridgehead atoms. The van der Waals surface area contributed by atoms with Crippen LogP contribution in [0.1, 0.15) is 10.4 Å². The molecule has 0 aliphatic carbocycles. The number of hydrogen-bond acceptors (Lipinski definition) is 5. The third-order valence-corrected chi connectivity index (χ3v) is 5.66. The molecule has 2 aliphatic rings. The van der Waals surface area contributed by atoms with Crippen molar-refractivity contribution in [1.82, 2.24) is 10.2 Å². The molecule has 0 spiro atoms. The molecule has 2 aromatic rings. The van der Waals surface area contributed by atoms with E-state index in [4.69, 9.17) is 4.74 Å². The van der Waals surface area contributed by atoms with Gasteiger partial charge in [0, 0.05) is 56.2 Å². The topological polar surface area (TPSA) is 65.1 Å². The fourth-order valence-electron chi connectivity index (χ4n) is 3.87. The summed E-state index contributed by atoms with van der Waals surface area (Å²) in [5.41, 5.74) is 2.83. The predicted octanol–water partition coefficient (Wildman–Crippen LogP) is 1.60. The predicted molar refractivity (Wildman–Crippen MR) is 117 cm³/mol. The summed E-state index contributed by atoms with van der Waals surface area (Å²) in [4.78, 5) is 31.3. The second kappa shape index (κ2) is 9.63. The molecule has 0 unspecified atom stereocenters. The average molecular weight is 409 g/mol. The Morgan fingerprint density at radius 1 is 0.767 bits per heavy atom. The van der Waals surface area contributed by atoms with E-state index in [-0.39, 0.29) is 18.4 Å². The molecule has 0 atom stereocenters. The summed E-state index contributed by atoms with van der Waals surface area (Å²) in [6, 6.07) is 17.7. The lowest BCUT2D eigenvalue weighted by atomic mass is 10.1. The summed E-state index contributed by atoms with van der Waals surface area (Å²) in [5.74, 6) is -0.263. The van der Waals surface area contributed by atoms with E-state index in [1.165, 1.54) is 5.69 Å². The smallest absolute Gasteiger partial charge is 0.251 e. The molecule has 0 aromatic heterocycles. The molecule has 158 valence electrons. The van der Waals surface area contributed by atoms with Gasteiger partial charge >= 0.3 is 0 Å². The molecule has 2 aromatic carbocycles. The number of benzene rings is 2. The van der Waals surface area contributed by atoms with Gasteiger partial charge in [-0.15, -0.1) is 0 Å². The Morgan fingerprint density at radius 3 is 2.03 bits per heavy atom. The number of nitrogens with zero attached hydrogens (tertiary/aromatic N) is 3. The molecule has 7 heteroatoms. The van der Waals surface area contributed by atoms with E-state index < -0.39 is 0 Å².